The summed E-state index contributed by atoms with van der Waals surface area (Å²) in [7, 11) is 1.67. The first-order valence-corrected chi connectivity index (χ1v) is 4.95. The van der Waals surface area contributed by atoms with Crippen LogP contribution in [0, 0.1) is 0 Å². The van der Waals surface area contributed by atoms with Crippen LogP contribution in [0.2, 0.25) is 0 Å². The maximum Gasteiger partial charge on any atom is 0.318 e. The minimum absolute atomic E-state index is 0.118. The van der Waals surface area contributed by atoms with Crippen LogP contribution in [-0.2, 0) is 9.53 Å². The fourth-order valence-electron chi connectivity index (χ4n) is 1.06. The zero-order valence-corrected chi connectivity index (χ0v) is 9.04. The Bertz CT molecular complexity index is 197. The molecule has 0 aliphatic rings. The highest BCUT2D eigenvalue weighted by Crippen LogP contribution is 1.93. The summed E-state index contributed by atoms with van der Waals surface area (Å²) in [5.41, 5.74) is 4.77. The first kappa shape index (κ1) is 13.9. The molecule has 0 radical (unpaired) electrons. The van der Waals surface area contributed by atoms with Gasteiger partial charge in [0.1, 0.15) is 0 Å². The van der Waals surface area contributed by atoms with Gasteiger partial charge in [-0.2, -0.15) is 0 Å². The molecular weight excluding hydrogens is 198 g/mol. The van der Waals surface area contributed by atoms with Gasteiger partial charge in [0.25, 0.3) is 0 Å². The van der Waals surface area contributed by atoms with Crippen molar-refractivity contribution in [3.8, 4) is 0 Å². The van der Waals surface area contributed by atoms with Crippen molar-refractivity contribution in [2.75, 3.05) is 26.8 Å². The Kier molecular flexibility index (Phi) is 8.70. The van der Waals surface area contributed by atoms with Crippen molar-refractivity contribution < 1.29 is 14.3 Å². The normalized spacial score (nSPS) is 9.93. The standard InChI is InChI=1S/C9H19N3O3/c1-15-6-4-2-3-5-11-7-8(13)12-9(10)14/h11H,2-7H2,1H3,(H3,10,12,13,14). The van der Waals surface area contributed by atoms with Crippen LogP contribution in [0.5, 0.6) is 0 Å². The minimum atomic E-state index is -0.818. The molecule has 0 aliphatic heterocycles. The lowest BCUT2D eigenvalue weighted by Gasteiger charge is -2.03. The second-order valence-electron chi connectivity index (χ2n) is 3.14. The number of rotatable bonds is 8. The third kappa shape index (κ3) is 10.8. The number of ether oxygens (including phenoxy) is 1. The number of carbonyl (C=O) groups is 2. The van der Waals surface area contributed by atoms with E-state index in [-0.39, 0.29) is 6.54 Å². The number of hydrogen-bond acceptors (Lipinski definition) is 4. The van der Waals surface area contributed by atoms with Crippen molar-refractivity contribution in [3.05, 3.63) is 0 Å². The predicted molar refractivity (Wildman–Crippen MR) is 56.3 cm³/mol. The van der Waals surface area contributed by atoms with Gasteiger partial charge in [-0.3, -0.25) is 10.1 Å². The maximum absolute atomic E-state index is 10.9. The first-order valence-electron chi connectivity index (χ1n) is 4.95. The molecule has 4 N–H and O–H groups in total. The van der Waals surface area contributed by atoms with Gasteiger partial charge in [0.05, 0.1) is 6.54 Å². The Morgan fingerprint density at radius 2 is 2.00 bits per heavy atom. The molecular formula is C9H19N3O3. The number of carbonyl (C=O) groups excluding carboxylic acids is 2. The SMILES string of the molecule is COCCCCCNCC(=O)NC(N)=O. The van der Waals surface area contributed by atoms with E-state index in [0.717, 1.165) is 32.4 Å². The lowest BCUT2D eigenvalue weighted by atomic mass is 10.2. The number of primary amides is 1. The summed E-state index contributed by atoms with van der Waals surface area (Å²) >= 11 is 0. The van der Waals surface area contributed by atoms with E-state index < -0.39 is 11.9 Å². The molecule has 0 aromatic heterocycles. The Labute approximate surface area is 89.5 Å². The molecule has 0 aliphatic carbocycles. The lowest BCUT2D eigenvalue weighted by Crippen LogP contribution is -2.40. The summed E-state index contributed by atoms with van der Waals surface area (Å²) in [6.45, 7) is 1.63. The van der Waals surface area contributed by atoms with E-state index in [0.29, 0.717) is 0 Å². The average molecular weight is 217 g/mol. The number of imide groups is 1. The molecule has 0 unspecified atom stereocenters. The summed E-state index contributed by atoms with van der Waals surface area (Å²) in [5.74, 6) is -0.403. The third-order valence-electron chi connectivity index (χ3n) is 1.75. The van der Waals surface area contributed by atoms with E-state index >= 15 is 0 Å². The van der Waals surface area contributed by atoms with E-state index in [1.807, 2.05) is 5.32 Å². The molecule has 0 spiro atoms. The fraction of sp³-hybridized carbons (Fsp3) is 0.778. The highest BCUT2D eigenvalue weighted by Gasteiger charge is 2.01. The molecule has 0 atom stereocenters. The molecule has 0 aromatic rings. The fourth-order valence-corrected chi connectivity index (χ4v) is 1.06. The lowest BCUT2D eigenvalue weighted by molar-refractivity contribution is -0.119. The highest BCUT2D eigenvalue weighted by atomic mass is 16.5. The summed E-state index contributed by atoms with van der Waals surface area (Å²) < 4.78 is 4.89. The van der Waals surface area contributed by atoms with Crippen molar-refractivity contribution in [3.63, 3.8) is 0 Å². The molecule has 0 saturated carbocycles. The quantitative estimate of drug-likeness (QED) is 0.482. The molecule has 0 aromatic carbocycles. The molecule has 15 heavy (non-hydrogen) atoms. The van der Waals surface area contributed by atoms with Crippen LogP contribution >= 0.6 is 0 Å². The van der Waals surface area contributed by atoms with Crippen LogP contribution in [0.3, 0.4) is 0 Å². The molecule has 88 valence electrons. The molecule has 0 bridgehead atoms. The monoisotopic (exact) mass is 217 g/mol. The van der Waals surface area contributed by atoms with Gasteiger partial charge < -0.3 is 15.8 Å². The molecule has 0 heterocycles. The van der Waals surface area contributed by atoms with Crippen LogP contribution in [0.15, 0.2) is 0 Å². The summed E-state index contributed by atoms with van der Waals surface area (Å²) in [6.07, 6.45) is 3.05. The van der Waals surface area contributed by atoms with Crippen molar-refractivity contribution in [2.45, 2.75) is 19.3 Å². The Morgan fingerprint density at radius 1 is 1.27 bits per heavy atom. The van der Waals surface area contributed by atoms with E-state index in [9.17, 15) is 9.59 Å². The van der Waals surface area contributed by atoms with Crippen LogP contribution in [0.1, 0.15) is 19.3 Å². The second kappa shape index (κ2) is 9.42. The first-order chi connectivity index (χ1) is 7.16. The second-order valence-corrected chi connectivity index (χ2v) is 3.14. The van der Waals surface area contributed by atoms with Gasteiger partial charge in [0.2, 0.25) is 5.91 Å². The van der Waals surface area contributed by atoms with Gasteiger partial charge >= 0.3 is 6.03 Å². The molecule has 0 fully saturated rings. The van der Waals surface area contributed by atoms with Gasteiger partial charge in [0, 0.05) is 13.7 Å². The largest absolute Gasteiger partial charge is 0.385 e. The zero-order valence-electron chi connectivity index (χ0n) is 9.04. The Morgan fingerprint density at radius 3 is 2.60 bits per heavy atom. The molecule has 0 saturated heterocycles. The Hall–Kier alpha value is -1.14. The minimum Gasteiger partial charge on any atom is -0.385 e. The van der Waals surface area contributed by atoms with Crippen LogP contribution in [0.4, 0.5) is 4.79 Å². The van der Waals surface area contributed by atoms with Gasteiger partial charge in [-0.25, -0.2) is 4.79 Å². The summed E-state index contributed by atoms with van der Waals surface area (Å²) in [5, 5.41) is 4.88. The smallest absolute Gasteiger partial charge is 0.318 e. The molecule has 3 amide bonds. The van der Waals surface area contributed by atoms with E-state index in [4.69, 9.17) is 10.5 Å². The number of nitrogens with one attached hydrogen (secondary N) is 2. The molecule has 6 heteroatoms. The highest BCUT2D eigenvalue weighted by molar-refractivity contribution is 5.94. The predicted octanol–water partition coefficient (Wildman–Crippen LogP) is -0.412. The zero-order chi connectivity index (χ0) is 11.5. The molecule has 6 nitrogen and oxygen atoms in total. The number of urea groups is 1. The summed E-state index contributed by atoms with van der Waals surface area (Å²) in [6, 6.07) is -0.818. The number of amides is 3. The van der Waals surface area contributed by atoms with E-state index in [1.54, 1.807) is 7.11 Å². The van der Waals surface area contributed by atoms with Crippen LogP contribution in [-0.4, -0.2) is 38.7 Å². The Balaban J connectivity index is 3.16. The average Bonchev–Trinajstić information content (AvgIpc) is 2.15. The van der Waals surface area contributed by atoms with E-state index in [1.165, 1.54) is 0 Å². The van der Waals surface area contributed by atoms with Crippen molar-refractivity contribution in [1.82, 2.24) is 10.6 Å². The number of unbranched alkanes of at least 4 members (excludes halogenated alkanes) is 2. The van der Waals surface area contributed by atoms with Crippen LogP contribution < -0.4 is 16.4 Å². The van der Waals surface area contributed by atoms with Crippen molar-refractivity contribution in [1.29, 1.82) is 0 Å². The summed E-state index contributed by atoms with van der Waals surface area (Å²) in [4.78, 5) is 21.2. The van der Waals surface area contributed by atoms with Gasteiger partial charge in [0.15, 0.2) is 0 Å². The number of hydrogen-bond donors (Lipinski definition) is 3. The molecule has 0 rings (SSSR count). The maximum atomic E-state index is 10.9. The number of methoxy groups -OCH3 is 1. The van der Waals surface area contributed by atoms with Crippen molar-refractivity contribution in [2.24, 2.45) is 5.73 Å². The van der Waals surface area contributed by atoms with Gasteiger partial charge in [-0.05, 0) is 25.8 Å². The van der Waals surface area contributed by atoms with Gasteiger partial charge in [-0.15, -0.1) is 0 Å². The van der Waals surface area contributed by atoms with Crippen molar-refractivity contribution >= 4 is 11.9 Å². The van der Waals surface area contributed by atoms with Crippen LogP contribution in [0.25, 0.3) is 0 Å². The number of nitrogens with two attached hydrogens (primary N) is 1. The third-order valence-corrected chi connectivity index (χ3v) is 1.75. The van der Waals surface area contributed by atoms with Gasteiger partial charge in [-0.1, -0.05) is 0 Å². The topological polar surface area (TPSA) is 93.4 Å². The van der Waals surface area contributed by atoms with E-state index in [2.05, 4.69) is 5.32 Å².